The van der Waals surface area contributed by atoms with Gasteiger partial charge in [0.25, 0.3) is 0 Å². The van der Waals surface area contributed by atoms with Gasteiger partial charge >= 0.3 is 5.97 Å². The second kappa shape index (κ2) is 15.5. The van der Waals surface area contributed by atoms with E-state index >= 15 is 0 Å². The second-order valence-electron chi connectivity index (χ2n) is 12.4. The highest BCUT2D eigenvalue weighted by Gasteiger charge is 2.36. The summed E-state index contributed by atoms with van der Waals surface area (Å²) in [5.74, 6) is -0.976. The van der Waals surface area contributed by atoms with E-state index in [0.717, 1.165) is 38.6 Å². The molecule has 2 aliphatic heterocycles. The predicted octanol–water partition coefficient (Wildman–Crippen LogP) is 3.62. The molecule has 0 bridgehead atoms. The SMILES string of the molecule is CCOC(=O)C1CCCN(C(=O)C(C)=C[C@H](C(C)C)N(C)C(=O)[C@@H](NC(=O)C2CCCCN2C(C)C)C(C)C)C1. The summed E-state index contributed by atoms with van der Waals surface area (Å²) in [5.41, 5.74) is 0.544. The second-order valence-corrected chi connectivity index (χ2v) is 12.4. The molecule has 0 saturated carbocycles. The summed E-state index contributed by atoms with van der Waals surface area (Å²) in [7, 11) is 1.75. The maximum Gasteiger partial charge on any atom is 0.310 e. The zero-order valence-electron chi connectivity index (χ0n) is 26.4. The molecule has 1 N–H and O–H groups in total. The van der Waals surface area contributed by atoms with Crippen LogP contribution in [0.1, 0.15) is 87.5 Å². The van der Waals surface area contributed by atoms with Crippen LogP contribution in [-0.2, 0) is 23.9 Å². The quantitative estimate of drug-likeness (QED) is 0.305. The van der Waals surface area contributed by atoms with Crippen molar-refractivity contribution < 1.29 is 23.9 Å². The standard InChI is InChI=1S/C31H54N4O5/c1-10-40-31(39)24-14-13-16-34(19-24)29(37)23(8)18-26(20(2)3)33(9)30(38)27(21(4)5)32-28(36)25-15-11-12-17-35(25)22(6)7/h18,20-22,24-27H,10-17,19H2,1-9H3,(H,32,36)/t24?,25?,26-,27+/m1/s1. The minimum atomic E-state index is -0.661. The van der Waals surface area contributed by atoms with E-state index < -0.39 is 6.04 Å². The maximum absolute atomic E-state index is 13.8. The lowest BCUT2D eigenvalue weighted by atomic mass is 9.95. The summed E-state index contributed by atoms with van der Waals surface area (Å²) < 4.78 is 5.18. The molecule has 2 unspecified atom stereocenters. The summed E-state index contributed by atoms with van der Waals surface area (Å²) in [5, 5.41) is 3.09. The van der Waals surface area contributed by atoms with Gasteiger partial charge in [-0.1, -0.05) is 40.2 Å². The first-order valence-corrected chi connectivity index (χ1v) is 15.3. The Morgan fingerprint density at radius 3 is 2.23 bits per heavy atom. The number of piperidine rings is 2. The van der Waals surface area contributed by atoms with E-state index in [9.17, 15) is 19.2 Å². The van der Waals surface area contributed by atoms with Gasteiger partial charge in [0.2, 0.25) is 17.7 Å². The molecule has 4 atom stereocenters. The van der Waals surface area contributed by atoms with Gasteiger partial charge in [-0.05, 0) is 71.8 Å². The summed E-state index contributed by atoms with van der Waals surface area (Å²) >= 11 is 0. The Balaban J connectivity index is 2.17. The Hall–Kier alpha value is -2.42. The molecule has 3 amide bonds. The van der Waals surface area contributed by atoms with Crippen LogP contribution in [-0.4, -0.2) is 95.8 Å². The van der Waals surface area contributed by atoms with Crippen molar-refractivity contribution in [1.82, 2.24) is 20.0 Å². The smallest absolute Gasteiger partial charge is 0.310 e. The number of carbonyl (C=O) groups excluding carboxylic acids is 4. The number of carbonyl (C=O) groups is 4. The number of likely N-dealkylation sites (tertiary alicyclic amines) is 2. The molecule has 2 rings (SSSR count). The lowest BCUT2D eigenvalue weighted by molar-refractivity contribution is -0.151. The van der Waals surface area contributed by atoms with Crippen molar-refractivity contribution in [3.8, 4) is 0 Å². The van der Waals surface area contributed by atoms with Gasteiger partial charge in [-0.3, -0.25) is 24.1 Å². The molecule has 2 saturated heterocycles. The Bertz CT molecular complexity index is 915. The summed E-state index contributed by atoms with van der Waals surface area (Å²) in [6, 6.07) is -0.958. The fraction of sp³-hybridized carbons (Fsp3) is 0.806. The molecule has 0 aromatic heterocycles. The van der Waals surface area contributed by atoms with Crippen LogP contribution in [0.25, 0.3) is 0 Å². The highest BCUT2D eigenvalue weighted by atomic mass is 16.5. The molecule has 2 aliphatic rings. The molecular weight excluding hydrogens is 508 g/mol. The third-order valence-corrected chi connectivity index (χ3v) is 8.31. The normalized spacial score (nSPS) is 22.3. The Morgan fingerprint density at radius 1 is 0.975 bits per heavy atom. The highest BCUT2D eigenvalue weighted by Crippen LogP contribution is 2.23. The average Bonchev–Trinajstić information content (AvgIpc) is 2.92. The topological polar surface area (TPSA) is 99.3 Å². The van der Waals surface area contributed by atoms with Crippen LogP contribution in [0.2, 0.25) is 0 Å². The fourth-order valence-corrected chi connectivity index (χ4v) is 5.93. The van der Waals surface area contributed by atoms with E-state index in [2.05, 4.69) is 24.1 Å². The Labute approximate surface area is 242 Å². The van der Waals surface area contributed by atoms with Crippen LogP contribution >= 0.6 is 0 Å². The van der Waals surface area contributed by atoms with Crippen LogP contribution < -0.4 is 5.32 Å². The van der Waals surface area contributed by atoms with Gasteiger partial charge < -0.3 is 19.9 Å². The summed E-state index contributed by atoms with van der Waals surface area (Å²) in [6.07, 6.45) is 6.21. The zero-order valence-corrected chi connectivity index (χ0v) is 26.4. The molecule has 0 spiro atoms. The van der Waals surface area contributed by atoms with E-state index in [4.69, 9.17) is 4.74 Å². The number of rotatable bonds is 11. The minimum absolute atomic E-state index is 0.0450. The first-order chi connectivity index (χ1) is 18.8. The van der Waals surface area contributed by atoms with Gasteiger partial charge in [0, 0.05) is 31.8 Å². The van der Waals surface area contributed by atoms with E-state index in [1.54, 1.807) is 30.7 Å². The molecule has 2 fully saturated rings. The van der Waals surface area contributed by atoms with Gasteiger partial charge in [0.15, 0.2) is 0 Å². The number of hydrogen-bond donors (Lipinski definition) is 1. The van der Waals surface area contributed by atoms with Crippen molar-refractivity contribution in [2.45, 2.75) is 112 Å². The number of nitrogens with zero attached hydrogens (tertiary/aromatic N) is 3. The number of nitrogens with one attached hydrogen (secondary N) is 1. The first-order valence-electron chi connectivity index (χ1n) is 15.3. The van der Waals surface area contributed by atoms with Crippen molar-refractivity contribution >= 4 is 23.7 Å². The predicted molar refractivity (Wildman–Crippen MR) is 157 cm³/mol. The molecule has 40 heavy (non-hydrogen) atoms. The largest absolute Gasteiger partial charge is 0.466 e. The zero-order chi connectivity index (χ0) is 30.1. The minimum Gasteiger partial charge on any atom is -0.466 e. The Morgan fingerprint density at radius 2 is 1.65 bits per heavy atom. The molecule has 0 aromatic carbocycles. The molecule has 9 nitrogen and oxygen atoms in total. The van der Waals surface area contributed by atoms with Crippen molar-refractivity contribution in [2.75, 3.05) is 33.3 Å². The van der Waals surface area contributed by atoms with Crippen LogP contribution in [0.3, 0.4) is 0 Å². The molecular formula is C31H54N4O5. The molecule has 2 heterocycles. The number of hydrogen-bond acceptors (Lipinski definition) is 6. The van der Waals surface area contributed by atoms with E-state index in [1.807, 2.05) is 33.8 Å². The van der Waals surface area contributed by atoms with Gasteiger partial charge in [0.1, 0.15) is 6.04 Å². The van der Waals surface area contributed by atoms with Gasteiger partial charge in [-0.15, -0.1) is 0 Å². The van der Waals surface area contributed by atoms with Crippen molar-refractivity contribution in [3.63, 3.8) is 0 Å². The molecule has 0 radical (unpaired) electrons. The monoisotopic (exact) mass is 562 g/mol. The summed E-state index contributed by atoms with van der Waals surface area (Å²) in [6.45, 7) is 17.9. The third-order valence-electron chi connectivity index (χ3n) is 8.31. The molecule has 9 heteroatoms. The third kappa shape index (κ3) is 8.79. The Kier molecular flexibility index (Phi) is 13.1. The maximum atomic E-state index is 13.8. The summed E-state index contributed by atoms with van der Waals surface area (Å²) in [4.78, 5) is 58.5. The van der Waals surface area contributed by atoms with Crippen molar-refractivity contribution in [3.05, 3.63) is 11.6 Å². The number of ether oxygens (including phenoxy) is 1. The highest BCUT2D eigenvalue weighted by molar-refractivity contribution is 5.94. The number of amides is 3. The number of esters is 1. The van der Waals surface area contributed by atoms with Crippen LogP contribution in [0, 0.1) is 17.8 Å². The van der Waals surface area contributed by atoms with E-state index in [-0.39, 0.29) is 59.6 Å². The first kappa shape index (κ1) is 33.8. The van der Waals surface area contributed by atoms with Crippen molar-refractivity contribution in [2.24, 2.45) is 17.8 Å². The van der Waals surface area contributed by atoms with Crippen LogP contribution in [0.15, 0.2) is 11.6 Å². The molecule has 228 valence electrons. The average molecular weight is 563 g/mol. The van der Waals surface area contributed by atoms with E-state index in [0.29, 0.717) is 25.3 Å². The van der Waals surface area contributed by atoms with Gasteiger partial charge in [-0.2, -0.15) is 0 Å². The molecule has 0 aliphatic carbocycles. The van der Waals surface area contributed by atoms with E-state index in [1.165, 1.54) is 0 Å². The molecule has 0 aromatic rings. The van der Waals surface area contributed by atoms with Crippen LogP contribution in [0.5, 0.6) is 0 Å². The fourth-order valence-electron chi connectivity index (χ4n) is 5.93. The van der Waals surface area contributed by atoms with Gasteiger partial charge in [0.05, 0.1) is 24.6 Å². The lowest BCUT2D eigenvalue weighted by Gasteiger charge is -2.39. The van der Waals surface area contributed by atoms with Gasteiger partial charge in [-0.25, -0.2) is 0 Å². The van der Waals surface area contributed by atoms with Crippen LogP contribution in [0.4, 0.5) is 0 Å². The van der Waals surface area contributed by atoms with Crippen molar-refractivity contribution in [1.29, 1.82) is 0 Å². The number of likely N-dealkylation sites (N-methyl/N-ethyl adjacent to an activating group) is 1. The lowest BCUT2D eigenvalue weighted by Crippen LogP contribution is -2.58.